The van der Waals surface area contributed by atoms with Crippen LogP contribution in [0.15, 0.2) is 18.2 Å². The molecule has 0 spiro atoms. The third-order valence-electron chi connectivity index (χ3n) is 3.24. The minimum Gasteiger partial charge on any atom is -0.495 e. The second-order valence-corrected chi connectivity index (χ2v) is 4.96. The van der Waals surface area contributed by atoms with Crippen LogP contribution in [0.5, 0.6) is 5.75 Å². The van der Waals surface area contributed by atoms with Crippen molar-refractivity contribution in [1.29, 1.82) is 0 Å². The summed E-state index contributed by atoms with van der Waals surface area (Å²) in [6.07, 6.45) is 1.30. The molecule has 2 rings (SSSR count). The average molecular weight is 270 g/mol. The molecule has 1 atom stereocenters. The number of nitrogens with zero attached hydrogens (tertiary/aromatic N) is 1. The van der Waals surface area contributed by atoms with Gasteiger partial charge in [0.25, 0.3) is 0 Å². The van der Waals surface area contributed by atoms with E-state index >= 15 is 0 Å². The maximum Gasteiger partial charge on any atom is 0.137 e. The van der Waals surface area contributed by atoms with Crippen LogP contribution in [-0.2, 0) is 4.74 Å². The maximum absolute atomic E-state index is 6.04. The highest BCUT2D eigenvalue weighted by molar-refractivity contribution is 6.32. The Kier molecular flexibility index (Phi) is 4.87. The zero-order valence-corrected chi connectivity index (χ0v) is 11.7. The Morgan fingerprint density at radius 3 is 3.06 bits per heavy atom. The Morgan fingerprint density at radius 1 is 1.50 bits per heavy atom. The van der Waals surface area contributed by atoms with E-state index in [4.69, 9.17) is 21.1 Å². The van der Waals surface area contributed by atoms with Crippen LogP contribution in [0.4, 0.5) is 0 Å². The lowest BCUT2D eigenvalue weighted by Crippen LogP contribution is -2.38. The van der Waals surface area contributed by atoms with Crippen LogP contribution in [0.3, 0.4) is 0 Å². The lowest BCUT2D eigenvalue weighted by Gasteiger charge is -2.33. The predicted octanol–water partition coefficient (Wildman–Crippen LogP) is 3.13. The largest absolute Gasteiger partial charge is 0.495 e. The fourth-order valence-corrected chi connectivity index (χ4v) is 2.49. The summed E-state index contributed by atoms with van der Waals surface area (Å²) in [7, 11) is 1.64. The molecule has 1 aromatic carbocycles. The van der Waals surface area contributed by atoms with Crippen molar-refractivity contribution in [2.45, 2.75) is 19.4 Å². The number of halogens is 1. The monoisotopic (exact) mass is 269 g/mol. The van der Waals surface area contributed by atoms with Crippen LogP contribution in [0, 0.1) is 0 Å². The zero-order chi connectivity index (χ0) is 13.0. The van der Waals surface area contributed by atoms with Crippen LogP contribution < -0.4 is 4.74 Å². The van der Waals surface area contributed by atoms with E-state index in [0.717, 1.165) is 31.8 Å². The number of morpholine rings is 1. The Balaban J connectivity index is 2.10. The van der Waals surface area contributed by atoms with E-state index in [-0.39, 0.29) is 6.10 Å². The van der Waals surface area contributed by atoms with Gasteiger partial charge in [-0.3, -0.25) is 4.90 Å². The molecule has 18 heavy (non-hydrogen) atoms. The molecule has 1 saturated heterocycles. The lowest BCUT2D eigenvalue weighted by molar-refractivity contribution is -0.0299. The second kappa shape index (κ2) is 6.41. The summed E-state index contributed by atoms with van der Waals surface area (Å²) in [4.78, 5) is 2.44. The van der Waals surface area contributed by atoms with Gasteiger partial charge in [-0.05, 0) is 30.7 Å². The van der Waals surface area contributed by atoms with Gasteiger partial charge in [0.05, 0.1) is 24.8 Å². The molecule has 1 heterocycles. The third-order valence-corrected chi connectivity index (χ3v) is 3.55. The molecule has 1 fully saturated rings. The fraction of sp³-hybridized carbons (Fsp3) is 0.571. The topological polar surface area (TPSA) is 21.7 Å². The van der Waals surface area contributed by atoms with Crippen LogP contribution in [0.1, 0.15) is 25.0 Å². The molecular weight excluding hydrogens is 250 g/mol. The van der Waals surface area contributed by atoms with Gasteiger partial charge in [0.2, 0.25) is 0 Å². The molecule has 100 valence electrons. The zero-order valence-electron chi connectivity index (χ0n) is 11.0. The normalized spacial score (nSPS) is 20.9. The summed E-state index contributed by atoms with van der Waals surface area (Å²) in [5, 5.41) is 0.641. The summed E-state index contributed by atoms with van der Waals surface area (Å²) >= 11 is 6.04. The smallest absolute Gasteiger partial charge is 0.137 e. The van der Waals surface area contributed by atoms with Gasteiger partial charge in [0.15, 0.2) is 0 Å². The number of ether oxygens (including phenoxy) is 2. The van der Waals surface area contributed by atoms with E-state index in [2.05, 4.69) is 11.8 Å². The molecule has 1 aromatic rings. The first kappa shape index (κ1) is 13.7. The molecule has 0 radical (unpaired) electrons. The van der Waals surface area contributed by atoms with Gasteiger partial charge in [0.1, 0.15) is 5.75 Å². The van der Waals surface area contributed by atoms with E-state index in [1.54, 1.807) is 7.11 Å². The van der Waals surface area contributed by atoms with Gasteiger partial charge >= 0.3 is 0 Å². The Labute approximate surface area is 114 Å². The van der Waals surface area contributed by atoms with E-state index < -0.39 is 0 Å². The molecule has 0 bridgehead atoms. The van der Waals surface area contributed by atoms with Gasteiger partial charge < -0.3 is 9.47 Å². The molecule has 1 aliphatic heterocycles. The number of hydrogen-bond acceptors (Lipinski definition) is 3. The van der Waals surface area contributed by atoms with Crippen LogP contribution in [0.2, 0.25) is 5.02 Å². The molecule has 0 amide bonds. The van der Waals surface area contributed by atoms with E-state index in [9.17, 15) is 0 Å². The Hall–Kier alpha value is -0.770. The molecule has 1 unspecified atom stereocenters. The molecular formula is C14H20ClNO2. The summed E-state index contributed by atoms with van der Waals surface area (Å²) in [6, 6.07) is 5.87. The van der Waals surface area contributed by atoms with Crippen molar-refractivity contribution in [3.8, 4) is 5.75 Å². The lowest BCUT2D eigenvalue weighted by atomic mass is 10.1. The fourth-order valence-electron chi connectivity index (χ4n) is 2.30. The van der Waals surface area contributed by atoms with Gasteiger partial charge in [0, 0.05) is 13.1 Å². The highest BCUT2D eigenvalue weighted by Gasteiger charge is 2.22. The predicted molar refractivity (Wildman–Crippen MR) is 73.4 cm³/mol. The highest BCUT2D eigenvalue weighted by atomic mass is 35.5. The van der Waals surface area contributed by atoms with Crippen LogP contribution in [0.25, 0.3) is 0 Å². The number of rotatable bonds is 4. The molecule has 4 heteroatoms. The number of methoxy groups -OCH3 is 1. The first-order valence-corrected chi connectivity index (χ1v) is 6.79. The van der Waals surface area contributed by atoms with Crippen molar-refractivity contribution >= 4 is 11.6 Å². The van der Waals surface area contributed by atoms with E-state index in [1.807, 2.05) is 18.2 Å². The quantitative estimate of drug-likeness (QED) is 0.838. The summed E-state index contributed by atoms with van der Waals surface area (Å²) < 4.78 is 11.1. The van der Waals surface area contributed by atoms with Crippen molar-refractivity contribution in [2.24, 2.45) is 0 Å². The Bertz CT molecular complexity index is 395. The van der Waals surface area contributed by atoms with Crippen molar-refractivity contribution in [3.05, 3.63) is 28.8 Å². The van der Waals surface area contributed by atoms with Crippen LogP contribution >= 0.6 is 11.6 Å². The molecule has 0 saturated carbocycles. The molecule has 0 aromatic heterocycles. The Morgan fingerprint density at radius 2 is 2.33 bits per heavy atom. The highest BCUT2D eigenvalue weighted by Crippen LogP contribution is 2.30. The van der Waals surface area contributed by atoms with Crippen molar-refractivity contribution in [2.75, 3.05) is 33.4 Å². The molecule has 3 nitrogen and oxygen atoms in total. The summed E-state index contributed by atoms with van der Waals surface area (Å²) in [5.74, 6) is 0.713. The average Bonchev–Trinajstić information content (AvgIpc) is 2.40. The number of hydrogen-bond donors (Lipinski definition) is 0. The van der Waals surface area contributed by atoms with Crippen molar-refractivity contribution in [1.82, 2.24) is 4.90 Å². The van der Waals surface area contributed by atoms with Gasteiger partial charge in [-0.1, -0.05) is 24.6 Å². The standard InChI is InChI=1S/C14H20ClNO2/c1-3-6-16-7-8-18-14(10-16)11-4-5-12(15)13(9-11)17-2/h4-5,9,14H,3,6-8,10H2,1-2H3. The van der Waals surface area contributed by atoms with Crippen molar-refractivity contribution < 1.29 is 9.47 Å². The van der Waals surface area contributed by atoms with Crippen molar-refractivity contribution in [3.63, 3.8) is 0 Å². The van der Waals surface area contributed by atoms with E-state index in [0.29, 0.717) is 10.8 Å². The molecule has 0 N–H and O–H groups in total. The third kappa shape index (κ3) is 3.16. The van der Waals surface area contributed by atoms with E-state index in [1.165, 1.54) is 6.42 Å². The summed E-state index contributed by atoms with van der Waals surface area (Å²) in [5.41, 5.74) is 1.14. The number of benzene rings is 1. The molecule has 1 aliphatic rings. The minimum absolute atomic E-state index is 0.122. The van der Waals surface area contributed by atoms with Crippen LogP contribution in [-0.4, -0.2) is 38.3 Å². The SMILES string of the molecule is CCCN1CCOC(c2ccc(Cl)c(OC)c2)C1. The first-order valence-electron chi connectivity index (χ1n) is 6.42. The molecule has 0 aliphatic carbocycles. The van der Waals surface area contributed by atoms with Gasteiger partial charge in [-0.15, -0.1) is 0 Å². The first-order chi connectivity index (χ1) is 8.74. The minimum atomic E-state index is 0.122. The second-order valence-electron chi connectivity index (χ2n) is 4.55. The summed E-state index contributed by atoms with van der Waals surface area (Å²) in [6.45, 7) is 6.09. The maximum atomic E-state index is 6.04. The van der Waals surface area contributed by atoms with Gasteiger partial charge in [-0.25, -0.2) is 0 Å². The van der Waals surface area contributed by atoms with Gasteiger partial charge in [-0.2, -0.15) is 0 Å².